The van der Waals surface area contributed by atoms with Crippen LogP contribution in [0.3, 0.4) is 0 Å². The molecule has 0 spiro atoms. The van der Waals surface area contributed by atoms with E-state index in [1.807, 2.05) is 32.9 Å². The second-order valence-electron chi connectivity index (χ2n) is 8.35. The Kier molecular flexibility index (Phi) is 13.2. The number of aryl methyl sites for hydroxylation is 1. The average molecular weight is 449 g/mol. The minimum absolute atomic E-state index is 0.614. The van der Waals surface area contributed by atoms with Crippen molar-refractivity contribution in [3.05, 3.63) is 70.8 Å². The second kappa shape index (κ2) is 15.0. The summed E-state index contributed by atoms with van der Waals surface area (Å²) in [6.45, 7) is 19.6. The molecule has 1 unspecified atom stereocenters. The molecule has 2 aromatic carbocycles. The van der Waals surface area contributed by atoms with Crippen LogP contribution >= 0.6 is 12.6 Å². The predicted molar refractivity (Wildman–Crippen MR) is 148 cm³/mol. The largest absolute Gasteiger partial charge is 0.143 e. The van der Waals surface area contributed by atoms with Gasteiger partial charge in [-0.2, -0.15) is 0 Å². The van der Waals surface area contributed by atoms with Gasteiger partial charge in [-0.15, -0.1) is 18.5 Å². The van der Waals surface area contributed by atoms with Crippen molar-refractivity contribution in [2.45, 2.75) is 97.8 Å². The Balaban J connectivity index is 0.00000249. The monoisotopic (exact) mass is 448 g/mol. The highest BCUT2D eigenvalue weighted by Gasteiger charge is 2.23. The third-order valence-electron chi connectivity index (χ3n) is 6.17. The Bertz CT molecular complexity index is 887. The van der Waals surface area contributed by atoms with Crippen molar-refractivity contribution in [3.8, 4) is 11.8 Å². The van der Waals surface area contributed by atoms with Crippen molar-refractivity contribution < 1.29 is 0 Å². The lowest BCUT2D eigenvalue weighted by Gasteiger charge is -2.28. The number of hydrogen-bond donors (Lipinski definition) is 1. The Morgan fingerprint density at radius 3 is 2.09 bits per heavy atom. The third kappa shape index (κ3) is 7.60. The fraction of sp³-hybridized carbons (Fsp3) is 0.484. The fourth-order valence-electron chi connectivity index (χ4n) is 4.80. The predicted octanol–water partition coefficient (Wildman–Crippen LogP) is 9.65. The molecule has 0 fully saturated rings. The van der Waals surface area contributed by atoms with Crippen LogP contribution in [0.2, 0.25) is 0 Å². The summed E-state index contributed by atoms with van der Waals surface area (Å²) in [6.07, 6.45) is 7.08. The summed E-state index contributed by atoms with van der Waals surface area (Å²) >= 11 is 4.43. The zero-order chi connectivity index (χ0) is 24.1. The summed E-state index contributed by atoms with van der Waals surface area (Å²) in [4.78, 5) is 0.972. The van der Waals surface area contributed by atoms with Crippen LogP contribution in [0.15, 0.2) is 47.9 Å². The van der Waals surface area contributed by atoms with Gasteiger partial charge < -0.3 is 0 Å². The topological polar surface area (TPSA) is 0 Å². The summed E-state index contributed by atoms with van der Waals surface area (Å²) < 4.78 is 0. The van der Waals surface area contributed by atoms with Gasteiger partial charge in [0, 0.05) is 11.3 Å². The van der Waals surface area contributed by atoms with Gasteiger partial charge in [0.25, 0.3) is 0 Å². The highest BCUT2D eigenvalue weighted by Crippen LogP contribution is 2.38. The molecule has 0 aliphatic heterocycles. The van der Waals surface area contributed by atoms with E-state index in [9.17, 15) is 0 Å². The highest BCUT2D eigenvalue weighted by molar-refractivity contribution is 7.80. The van der Waals surface area contributed by atoms with Crippen molar-refractivity contribution >= 4 is 18.2 Å². The number of benzene rings is 2. The van der Waals surface area contributed by atoms with E-state index in [0.717, 1.165) is 28.4 Å². The van der Waals surface area contributed by atoms with Gasteiger partial charge in [0.15, 0.2) is 0 Å². The Labute approximate surface area is 204 Å². The van der Waals surface area contributed by atoms with Crippen LogP contribution in [0.1, 0.15) is 107 Å². The summed E-state index contributed by atoms with van der Waals surface area (Å²) in [7, 11) is 0. The van der Waals surface area contributed by atoms with Crippen LogP contribution in [0, 0.1) is 24.7 Å². The molecular weight excluding hydrogens is 404 g/mol. The first-order valence-electron chi connectivity index (χ1n) is 12.5. The van der Waals surface area contributed by atoms with Crippen molar-refractivity contribution in [2.24, 2.45) is 5.92 Å². The van der Waals surface area contributed by atoms with Crippen molar-refractivity contribution in [1.29, 1.82) is 0 Å². The van der Waals surface area contributed by atoms with Crippen molar-refractivity contribution in [3.63, 3.8) is 0 Å². The number of rotatable bonds is 10. The van der Waals surface area contributed by atoms with Crippen LogP contribution in [-0.4, -0.2) is 0 Å². The van der Waals surface area contributed by atoms with Gasteiger partial charge in [-0.25, -0.2) is 0 Å². The Morgan fingerprint density at radius 2 is 1.59 bits per heavy atom. The number of thiol groups is 1. The lowest BCUT2D eigenvalue weighted by atomic mass is 9.77. The van der Waals surface area contributed by atoms with E-state index in [-0.39, 0.29) is 0 Å². The molecule has 0 nitrogen and oxygen atoms in total. The molecular formula is C31H44S. The SMILES string of the molecule is C=C(c1ccc(S)cc1)c1c(C)cc(C(CC)C(CCC)CCC)cc1CC#CC.CC. The molecule has 174 valence electrons. The van der Waals surface area contributed by atoms with E-state index in [1.165, 1.54) is 54.4 Å². The maximum absolute atomic E-state index is 4.47. The van der Waals surface area contributed by atoms with Gasteiger partial charge in [0.05, 0.1) is 0 Å². The molecule has 0 radical (unpaired) electrons. The molecule has 0 saturated heterocycles. The molecule has 2 aromatic rings. The lowest BCUT2D eigenvalue weighted by molar-refractivity contribution is 0.355. The molecule has 0 bridgehead atoms. The van der Waals surface area contributed by atoms with Crippen LogP contribution in [0.4, 0.5) is 0 Å². The summed E-state index contributed by atoms with van der Waals surface area (Å²) in [5.74, 6) is 7.76. The van der Waals surface area contributed by atoms with E-state index >= 15 is 0 Å². The van der Waals surface area contributed by atoms with Gasteiger partial charge >= 0.3 is 0 Å². The van der Waals surface area contributed by atoms with Crippen molar-refractivity contribution in [2.75, 3.05) is 0 Å². The van der Waals surface area contributed by atoms with Gasteiger partial charge in [-0.1, -0.05) is 97.1 Å². The van der Waals surface area contributed by atoms with E-state index in [1.54, 1.807) is 0 Å². The molecule has 1 atom stereocenters. The van der Waals surface area contributed by atoms with Crippen molar-refractivity contribution in [1.82, 2.24) is 0 Å². The van der Waals surface area contributed by atoms with E-state index in [4.69, 9.17) is 0 Å². The molecule has 0 saturated carbocycles. The normalized spacial score (nSPS) is 11.3. The first kappa shape index (κ1) is 28.1. The maximum atomic E-state index is 4.47. The van der Waals surface area contributed by atoms with Gasteiger partial charge in [-0.05, 0) is 77.6 Å². The zero-order valence-electron chi connectivity index (χ0n) is 21.5. The minimum atomic E-state index is 0.614. The van der Waals surface area contributed by atoms with Gasteiger partial charge in [0.2, 0.25) is 0 Å². The molecule has 1 heteroatoms. The van der Waals surface area contributed by atoms with Crippen LogP contribution in [0.5, 0.6) is 0 Å². The standard InChI is InChI=1S/C29H38S.C2H6/c1-7-11-14-25-20-26(28(10-4)24(12-8-2)13-9-3)19-21(5)29(25)22(6)23-15-17-27(30)18-16-23;1-2/h15-20,24,28,30H,6,8-10,12-14H2,1-5H3;1-2H3. The smallest absolute Gasteiger partial charge is 0.0346 e. The molecule has 0 N–H and O–H groups in total. The summed E-state index contributed by atoms with van der Waals surface area (Å²) in [6, 6.07) is 13.1. The van der Waals surface area contributed by atoms with E-state index < -0.39 is 0 Å². The first-order chi connectivity index (χ1) is 15.5. The van der Waals surface area contributed by atoms with Gasteiger partial charge in [-0.3, -0.25) is 0 Å². The average Bonchev–Trinajstić information content (AvgIpc) is 2.79. The minimum Gasteiger partial charge on any atom is -0.143 e. The summed E-state index contributed by atoms with van der Waals surface area (Å²) in [5.41, 5.74) is 7.58. The zero-order valence-corrected chi connectivity index (χ0v) is 22.4. The molecule has 0 aromatic heterocycles. The molecule has 2 rings (SSSR count). The van der Waals surface area contributed by atoms with Gasteiger partial charge in [0.1, 0.15) is 0 Å². The Hall–Kier alpha value is -1.91. The second-order valence-corrected chi connectivity index (χ2v) is 8.87. The maximum Gasteiger partial charge on any atom is 0.0346 e. The first-order valence-corrected chi connectivity index (χ1v) is 12.9. The van der Waals surface area contributed by atoms with E-state index in [0.29, 0.717) is 5.92 Å². The van der Waals surface area contributed by atoms with Crippen LogP contribution in [-0.2, 0) is 6.42 Å². The summed E-state index contributed by atoms with van der Waals surface area (Å²) in [5, 5.41) is 0. The fourth-order valence-corrected chi connectivity index (χ4v) is 4.94. The van der Waals surface area contributed by atoms with Crippen LogP contribution < -0.4 is 0 Å². The number of hydrogen-bond acceptors (Lipinski definition) is 1. The molecule has 0 aliphatic rings. The highest BCUT2D eigenvalue weighted by atomic mass is 32.1. The van der Waals surface area contributed by atoms with Crippen LogP contribution in [0.25, 0.3) is 5.57 Å². The molecule has 32 heavy (non-hydrogen) atoms. The quantitative estimate of drug-likeness (QED) is 0.271. The third-order valence-corrected chi connectivity index (χ3v) is 6.47. The molecule has 0 heterocycles. The molecule has 0 aliphatic carbocycles. The molecule has 0 amide bonds. The lowest BCUT2D eigenvalue weighted by Crippen LogP contribution is -2.14. The Morgan fingerprint density at radius 1 is 1.00 bits per heavy atom. The van der Waals surface area contributed by atoms with E-state index in [2.05, 4.69) is 83.0 Å².